The Kier molecular flexibility index (Phi) is 3.89. The van der Waals surface area contributed by atoms with E-state index in [-0.39, 0.29) is 11.5 Å². The van der Waals surface area contributed by atoms with E-state index in [2.05, 4.69) is 6.58 Å². The third-order valence-corrected chi connectivity index (χ3v) is 2.46. The maximum Gasteiger partial charge on any atom is 0.341 e. The van der Waals surface area contributed by atoms with Crippen molar-refractivity contribution in [2.75, 3.05) is 0 Å². The van der Waals surface area contributed by atoms with Crippen LogP contribution in [0.1, 0.15) is 42.7 Å². The lowest BCUT2D eigenvalue weighted by atomic mass is 10.1. The molecule has 0 spiro atoms. The van der Waals surface area contributed by atoms with Gasteiger partial charge >= 0.3 is 5.97 Å². The van der Waals surface area contributed by atoms with Crippen LogP contribution in [0.25, 0.3) is 0 Å². The van der Waals surface area contributed by atoms with Crippen molar-refractivity contribution in [1.29, 1.82) is 0 Å². The Bertz CT molecular complexity index is 512. The number of hydrogen-bond acceptors (Lipinski definition) is 2. The highest BCUT2D eigenvalue weighted by Crippen LogP contribution is 2.14. The van der Waals surface area contributed by atoms with Gasteiger partial charge in [0.05, 0.1) is 0 Å². The number of carbonyl (C=O) groups is 1. The van der Waals surface area contributed by atoms with Crippen molar-refractivity contribution in [3.8, 4) is 0 Å². The van der Waals surface area contributed by atoms with Gasteiger partial charge in [0.1, 0.15) is 5.56 Å². The summed E-state index contributed by atoms with van der Waals surface area (Å²) in [4.78, 5) is 22.9. The smallest absolute Gasteiger partial charge is 0.341 e. The summed E-state index contributed by atoms with van der Waals surface area (Å²) in [7, 11) is 0. The molecule has 0 fully saturated rings. The molecule has 4 nitrogen and oxygen atoms in total. The first-order valence-corrected chi connectivity index (χ1v) is 5.46. The van der Waals surface area contributed by atoms with E-state index in [0.717, 1.165) is 11.3 Å². The second-order valence-electron chi connectivity index (χ2n) is 4.48. The number of allylic oxidation sites excluding steroid dienone is 1. The summed E-state index contributed by atoms with van der Waals surface area (Å²) < 4.78 is 1.48. The molecule has 92 valence electrons. The first kappa shape index (κ1) is 13.2. The predicted molar refractivity (Wildman–Crippen MR) is 66.6 cm³/mol. The molecule has 1 heterocycles. The average molecular weight is 235 g/mol. The van der Waals surface area contributed by atoms with Crippen LogP contribution in [-0.2, 0) is 6.54 Å². The lowest BCUT2D eigenvalue weighted by Crippen LogP contribution is -2.29. The molecule has 0 saturated carbocycles. The molecule has 0 aliphatic rings. The summed E-state index contributed by atoms with van der Waals surface area (Å²) >= 11 is 0. The van der Waals surface area contributed by atoms with Gasteiger partial charge in [-0.05, 0) is 25.0 Å². The average Bonchev–Trinajstić information content (AvgIpc) is 2.19. The van der Waals surface area contributed by atoms with Gasteiger partial charge in [-0.15, -0.1) is 0 Å². The molecule has 0 aliphatic heterocycles. The quantitative estimate of drug-likeness (QED) is 0.814. The summed E-state index contributed by atoms with van der Waals surface area (Å²) in [6.07, 6.45) is 0. The third-order valence-electron chi connectivity index (χ3n) is 2.46. The summed E-state index contributed by atoms with van der Waals surface area (Å²) in [5, 5.41) is 8.92. The van der Waals surface area contributed by atoms with Crippen molar-refractivity contribution in [3.63, 3.8) is 0 Å². The molecule has 1 aromatic heterocycles. The number of aromatic nitrogens is 1. The SMILES string of the molecule is C=C(C)Cn1c(C(C)C)ccc(C(=O)O)c1=O. The highest BCUT2D eigenvalue weighted by atomic mass is 16.4. The summed E-state index contributed by atoms with van der Waals surface area (Å²) in [6.45, 7) is 9.85. The molecule has 0 aromatic carbocycles. The van der Waals surface area contributed by atoms with Crippen LogP contribution in [0.2, 0.25) is 0 Å². The van der Waals surface area contributed by atoms with Crippen molar-refractivity contribution < 1.29 is 9.90 Å². The van der Waals surface area contributed by atoms with Crippen molar-refractivity contribution >= 4 is 5.97 Å². The Labute approximate surface area is 100 Å². The maximum absolute atomic E-state index is 12.0. The van der Waals surface area contributed by atoms with Crippen molar-refractivity contribution in [2.24, 2.45) is 0 Å². The molecule has 4 heteroatoms. The number of carboxylic acid groups (broad SMARTS) is 1. The van der Waals surface area contributed by atoms with E-state index in [1.165, 1.54) is 10.6 Å². The van der Waals surface area contributed by atoms with E-state index >= 15 is 0 Å². The van der Waals surface area contributed by atoms with E-state index in [1.807, 2.05) is 20.8 Å². The Balaban J connectivity index is 3.47. The second-order valence-corrected chi connectivity index (χ2v) is 4.48. The normalized spacial score (nSPS) is 10.6. The van der Waals surface area contributed by atoms with Gasteiger partial charge in [-0.1, -0.05) is 26.0 Å². The lowest BCUT2D eigenvalue weighted by molar-refractivity contribution is 0.0694. The molecule has 17 heavy (non-hydrogen) atoms. The van der Waals surface area contributed by atoms with Crippen LogP contribution < -0.4 is 5.56 Å². The Morgan fingerprint density at radius 1 is 1.47 bits per heavy atom. The van der Waals surface area contributed by atoms with Gasteiger partial charge in [0.15, 0.2) is 0 Å². The fraction of sp³-hybridized carbons (Fsp3) is 0.385. The number of aromatic carboxylic acids is 1. The zero-order chi connectivity index (χ0) is 13.2. The molecule has 0 radical (unpaired) electrons. The van der Waals surface area contributed by atoms with Gasteiger partial charge in [-0.2, -0.15) is 0 Å². The topological polar surface area (TPSA) is 59.3 Å². The largest absolute Gasteiger partial charge is 0.477 e. The number of rotatable bonds is 4. The van der Waals surface area contributed by atoms with Crippen LogP contribution in [0.15, 0.2) is 29.1 Å². The van der Waals surface area contributed by atoms with Crippen LogP contribution in [0, 0.1) is 0 Å². The molecule has 1 N–H and O–H groups in total. The summed E-state index contributed by atoms with van der Waals surface area (Å²) in [6, 6.07) is 3.06. The number of carboxylic acids is 1. The van der Waals surface area contributed by atoms with E-state index in [1.54, 1.807) is 6.07 Å². The number of nitrogens with zero attached hydrogens (tertiary/aromatic N) is 1. The lowest BCUT2D eigenvalue weighted by Gasteiger charge is -2.16. The molecule has 0 aliphatic carbocycles. The molecule has 1 rings (SSSR count). The van der Waals surface area contributed by atoms with Crippen LogP contribution >= 0.6 is 0 Å². The first-order chi connectivity index (χ1) is 7.84. The van der Waals surface area contributed by atoms with Crippen LogP contribution in [0.5, 0.6) is 0 Å². The van der Waals surface area contributed by atoms with Crippen LogP contribution in [-0.4, -0.2) is 15.6 Å². The monoisotopic (exact) mass is 235 g/mol. The molecular formula is C13H17NO3. The zero-order valence-corrected chi connectivity index (χ0v) is 10.4. The molecule has 0 saturated heterocycles. The molecular weight excluding hydrogens is 218 g/mol. The van der Waals surface area contributed by atoms with Gasteiger partial charge in [0, 0.05) is 12.2 Å². The fourth-order valence-electron chi connectivity index (χ4n) is 1.69. The standard InChI is InChI=1S/C13H17NO3/c1-8(2)7-14-11(9(3)4)6-5-10(12(14)15)13(16)17/h5-6,9H,1,7H2,2-4H3,(H,16,17). The Hall–Kier alpha value is -1.84. The summed E-state index contributed by atoms with van der Waals surface area (Å²) in [5.74, 6) is -1.04. The fourth-order valence-corrected chi connectivity index (χ4v) is 1.69. The Morgan fingerprint density at radius 3 is 2.47 bits per heavy atom. The Morgan fingerprint density at radius 2 is 2.06 bits per heavy atom. The summed E-state index contributed by atoms with van der Waals surface area (Å²) in [5.41, 5.74) is 0.974. The van der Waals surface area contributed by atoms with Gasteiger partial charge in [0.2, 0.25) is 0 Å². The molecule has 0 atom stereocenters. The van der Waals surface area contributed by atoms with Crippen molar-refractivity contribution in [3.05, 3.63) is 45.9 Å². The second kappa shape index (κ2) is 4.99. The van der Waals surface area contributed by atoms with Gasteiger partial charge in [-0.3, -0.25) is 4.79 Å². The number of pyridine rings is 1. The number of hydrogen-bond donors (Lipinski definition) is 1. The van der Waals surface area contributed by atoms with E-state index in [4.69, 9.17) is 5.11 Å². The zero-order valence-electron chi connectivity index (χ0n) is 10.4. The van der Waals surface area contributed by atoms with Gasteiger partial charge in [-0.25, -0.2) is 4.79 Å². The molecule has 1 aromatic rings. The maximum atomic E-state index is 12.0. The molecule has 0 unspecified atom stereocenters. The minimum Gasteiger partial charge on any atom is -0.477 e. The predicted octanol–water partition coefficient (Wildman–Crippen LogP) is 2.25. The molecule has 0 amide bonds. The van der Waals surface area contributed by atoms with E-state index < -0.39 is 11.5 Å². The van der Waals surface area contributed by atoms with Crippen molar-refractivity contribution in [1.82, 2.24) is 4.57 Å². The van der Waals surface area contributed by atoms with Crippen LogP contribution in [0.3, 0.4) is 0 Å². The van der Waals surface area contributed by atoms with Gasteiger partial charge < -0.3 is 9.67 Å². The van der Waals surface area contributed by atoms with Gasteiger partial charge in [0.25, 0.3) is 5.56 Å². The third kappa shape index (κ3) is 2.84. The van der Waals surface area contributed by atoms with Crippen LogP contribution in [0.4, 0.5) is 0 Å². The van der Waals surface area contributed by atoms with Crippen molar-refractivity contribution in [2.45, 2.75) is 33.2 Å². The highest BCUT2D eigenvalue weighted by Gasteiger charge is 2.15. The van der Waals surface area contributed by atoms with E-state index in [0.29, 0.717) is 6.54 Å². The first-order valence-electron chi connectivity index (χ1n) is 5.46. The minimum absolute atomic E-state index is 0.157. The minimum atomic E-state index is -1.19. The highest BCUT2D eigenvalue weighted by molar-refractivity contribution is 5.87. The molecule has 0 bridgehead atoms. The van der Waals surface area contributed by atoms with E-state index in [9.17, 15) is 9.59 Å².